The summed E-state index contributed by atoms with van der Waals surface area (Å²) >= 11 is 0. The van der Waals surface area contributed by atoms with Crippen LogP contribution >= 0.6 is 0 Å². The summed E-state index contributed by atoms with van der Waals surface area (Å²) in [6.07, 6.45) is 8.67. The van der Waals surface area contributed by atoms with Gasteiger partial charge in [0.25, 0.3) is 5.56 Å². The number of hydrogen-bond donors (Lipinski definition) is 2. The largest absolute Gasteiger partial charge is 0.497 e. The van der Waals surface area contributed by atoms with Crippen molar-refractivity contribution in [2.45, 2.75) is 76.0 Å². The third kappa shape index (κ3) is 6.00. The van der Waals surface area contributed by atoms with Crippen LogP contribution in [0.25, 0.3) is 11.2 Å². The van der Waals surface area contributed by atoms with Gasteiger partial charge in [-0.3, -0.25) is 4.79 Å². The number of imidazole rings is 1. The lowest BCUT2D eigenvalue weighted by molar-refractivity contribution is -0.0325. The number of hydrogen-bond acceptors (Lipinski definition) is 10. The predicted molar refractivity (Wildman–Crippen MR) is 177 cm³/mol. The van der Waals surface area contributed by atoms with Crippen molar-refractivity contribution in [2.75, 3.05) is 38.6 Å². The van der Waals surface area contributed by atoms with E-state index < -0.39 is 0 Å². The standard InChI is InChI=1S/C34H41N7O6/c1-39(17-21-8-9-24(45-3)14-29(21)46-4)27-15-30-36-26-12-20(16-40(33(26)42)22-6-5-7-23(13-22)44-2)18-47-28-11-10-25(28)37-34(43)41-19-35-31(27)32(41)38-30/h8-9,12,14-16,19,22-23,25,28H,5-7,10-11,13,17-18H2,1-4H3,(H,36,38)(H,37,43)/t22?,23?,25-,28-/m1/s1. The van der Waals surface area contributed by atoms with Crippen LogP contribution in [0.15, 0.2) is 47.7 Å². The minimum Gasteiger partial charge on any atom is -0.497 e. The molecule has 0 spiro atoms. The van der Waals surface area contributed by atoms with Crippen molar-refractivity contribution in [1.29, 1.82) is 0 Å². The van der Waals surface area contributed by atoms with E-state index in [0.717, 1.165) is 55.3 Å². The van der Waals surface area contributed by atoms with Crippen molar-refractivity contribution >= 4 is 34.4 Å². The van der Waals surface area contributed by atoms with Gasteiger partial charge < -0.3 is 39.0 Å². The molecule has 4 atom stereocenters. The minimum atomic E-state index is -0.330. The van der Waals surface area contributed by atoms with Gasteiger partial charge in [0.2, 0.25) is 0 Å². The Hall–Kier alpha value is -4.62. The molecule has 1 aliphatic heterocycles. The smallest absolute Gasteiger partial charge is 0.328 e. The highest BCUT2D eigenvalue weighted by Gasteiger charge is 2.34. The zero-order chi connectivity index (χ0) is 32.7. The van der Waals surface area contributed by atoms with E-state index in [1.807, 2.05) is 53.0 Å². The topological polar surface area (TPSA) is 134 Å². The van der Waals surface area contributed by atoms with Gasteiger partial charge in [0.15, 0.2) is 5.65 Å². The summed E-state index contributed by atoms with van der Waals surface area (Å²) in [4.78, 5) is 39.1. The van der Waals surface area contributed by atoms with Crippen LogP contribution in [0.1, 0.15) is 55.7 Å². The summed E-state index contributed by atoms with van der Waals surface area (Å²) in [5.41, 5.74) is 3.70. The van der Waals surface area contributed by atoms with Gasteiger partial charge >= 0.3 is 6.03 Å². The van der Waals surface area contributed by atoms with Crippen molar-refractivity contribution in [1.82, 2.24) is 24.4 Å². The van der Waals surface area contributed by atoms with Gasteiger partial charge in [-0.2, -0.15) is 0 Å². The average molecular weight is 644 g/mol. The molecule has 4 bridgehead atoms. The van der Waals surface area contributed by atoms with Crippen molar-refractivity contribution in [2.24, 2.45) is 0 Å². The van der Waals surface area contributed by atoms with E-state index in [9.17, 15) is 9.59 Å². The van der Waals surface area contributed by atoms with Crippen LogP contribution in [0.2, 0.25) is 0 Å². The van der Waals surface area contributed by atoms with Crippen molar-refractivity contribution in [3.63, 3.8) is 0 Å². The van der Waals surface area contributed by atoms with E-state index in [0.29, 0.717) is 47.3 Å². The summed E-state index contributed by atoms with van der Waals surface area (Å²) < 4.78 is 26.3. The molecule has 3 aromatic heterocycles. The van der Waals surface area contributed by atoms with E-state index in [1.54, 1.807) is 21.3 Å². The first-order chi connectivity index (χ1) is 22.8. The Morgan fingerprint density at radius 1 is 1.06 bits per heavy atom. The molecule has 3 aliphatic rings. The van der Waals surface area contributed by atoms with E-state index in [1.165, 1.54) is 10.9 Å². The SMILES string of the molecule is COc1ccc(CN(C)c2cc3nc4c2ncn4C(=O)N[C@@H]2CC[C@H]2OCc2cc(c(=O)n(C4CCCC(OC)C4)c2)N3)c(OC)c1. The zero-order valence-electron chi connectivity index (χ0n) is 27.2. The number of fused-ring (bicyclic) bond motifs is 4. The van der Waals surface area contributed by atoms with Crippen LogP contribution < -0.4 is 30.6 Å². The van der Waals surface area contributed by atoms with E-state index in [4.69, 9.17) is 23.9 Å². The normalized spacial score (nSPS) is 22.4. The molecule has 1 aromatic carbocycles. The Kier molecular flexibility index (Phi) is 8.50. The number of nitrogens with one attached hydrogen (secondary N) is 2. The second kappa shape index (κ2) is 12.9. The number of aromatic nitrogens is 4. The zero-order valence-corrected chi connectivity index (χ0v) is 27.2. The molecule has 7 rings (SSSR count). The first kappa shape index (κ1) is 31.0. The summed E-state index contributed by atoms with van der Waals surface area (Å²) in [6.45, 7) is 0.781. The quantitative estimate of drug-likeness (QED) is 0.291. The number of ether oxygens (including phenoxy) is 4. The second-order valence-electron chi connectivity index (χ2n) is 12.6. The highest BCUT2D eigenvalue weighted by atomic mass is 16.5. The lowest BCUT2D eigenvalue weighted by Crippen LogP contribution is -2.52. The lowest BCUT2D eigenvalue weighted by atomic mass is 9.89. The van der Waals surface area contributed by atoms with Gasteiger partial charge in [-0.15, -0.1) is 0 Å². The molecule has 2 unspecified atom stereocenters. The number of pyridine rings is 2. The Balaban J connectivity index is 1.32. The minimum absolute atomic E-state index is 0.00867. The van der Waals surface area contributed by atoms with E-state index in [2.05, 4.69) is 15.6 Å². The first-order valence-corrected chi connectivity index (χ1v) is 16.1. The fourth-order valence-corrected chi connectivity index (χ4v) is 6.89. The van der Waals surface area contributed by atoms with E-state index >= 15 is 0 Å². The third-order valence-corrected chi connectivity index (χ3v) is 9.69. The number of carbonyl (C=O) groups excluding carboxylic acids is 1. The molecule has 2 N–H and O–H groups in total. The number of anilines is 3. The van der Waals surface area contributed by atoms with Crippen LogP contribution in [-0.2, 0) is 22.6 Å². The number of benzene rings is 1. The van der Waals surface area contributed by atoms with Crippen LogP contribution in [0.4, 0.5) is 22.0 Å². The van der Waals surface area contributed by atoms with Crippen LogP contribution in [-0.4, -0.2) is 71.8 Å². The van der Waals surface area contributed by atoms with Gasteiger partial charge in [0.1, 0.15) is 34.8 Å². The van der Waals surface area contributed by atoms with Crippen molar-refractivity contribution < 1.29 is 23.7 Å². The molecule has 0 saturated heterocycles. The van der Waals surface area contributed by atoms with Crippen molar-refractivity contribution in [3.05, 3.63) is 64.3 Å². The Morgan fingerprint density at radius 2 is 1.94 bits per heavy atom. The molecule has 47 heavy (non-hydrogen) atoms. The maximum atomic E-state index is 14.1. The van der Waals surface area contributed by atoms with Gasteiger partial charge in [0, 0.05) is 50.6 Å². The molecule has 248 valence electrons. The monoisotopic (exact) mass is 643 g/mol. The number of carbonyl (C=O) groups is 1. The summed E-state index contributed by atoms with van der Waals surface area (Å²) in [6, 6.07) is 8.94. The fourth-order valence-electron chi connectivity index (χ4n) is 6.89. The predicted octanol–water partition coefficient (Wildman–Crippen LogP) is 4.74. The third-order valence-electron chi connectivity index (χ3n) is 9.69. The maximum Gasteiger partial charge on any atom is 0.328 e. The second-order valence-corrected chi connectivity index (χ2v) is 12.6. The number of methoxy groups -OCH3 is 3. The van der Waals surface area contributed by atoms with Crippen LogP contribution in [0.5, 0.6) is 11.5 Å². The summed E-state index contributed by atoms with van der Waals surface area (Å²) in [5.74, 6) is 1.79. The molecule has 4 aromatic rings. The Morgan fingerprint density at radius 3 is 2.70 bits per heavy atom. The molecular weight excluding hydrogens is 602 g/mol. The molecule has 2 saturated carbocycles. The van der Waals surface area contributed by atoms with E-state index in [-0.39, 0.29) is 35.9 Å². The lowest BCUT2D eigenvalue weighted by Gasteiger charge is -2.37. The maximum absolute atomic E-state index is 14.1. The summed E-state index contributed by atoms with van der Waals surface area (Å²) in [5, 5.41) is 6.44. The Bertz CT molecular complexity index is 1850. The number of nitrogens with zero attached hydrogens (tertiary/aromatic N) is 5. The molecule has 2 fully saturated rings. The Labute approximate surface area is 272 Å². The summed E-state index contributed by atoms with van der Waals surface area (Å²) in [7, 11) is 6.92. The average Bonchev–Trinajstić information content (AvgIpc) is 3.51. The first-order valence-electron chi connectivity index (χ1n) is 16.1. The van der Waals surface area contributed by atoms with Gasteiger partial charge in [-0.25, -0.2) is 19.3 Å². The number of amides is 1. The van der Waals surface area contributed by atoms with Crippen LogP contribution in [0.3, 0.4) is 0 Å². The molecule has 13 nitrogen and oxygen atoms in total. The molecule has 1 amide bonds. The van der Waals surface area contributed by atoms with Crippen LogP contribution in [0, 0.1) is 0 Å². The van der Waals surface area contributed by atoms with Gasteiger partial charge in [0.05, 0.1) is 44.8 Å². The molecule has 0 radical (unpaired) electrons. The highest BCUT2D eigenvalue weighted by Crippen LogP contribution is 2.34. The highest BCUT2D eigenvalue weighted by molar-refractivity contribution is 5.95. The molecule has 4 heterocycles. The molecular formula is C34H41N7O6. The molecule has 2 aliphatic carbocycles. The van der Waals surface area contributed by atoms with Crippen molar-refractivity contribution in [3.8, 4) is 11.5 Å². The van der Waals surface area contributed by atoms with Gasteiger partial charge in [-0.1, -0.05) is 0 Å². The fraction of sp³-hybridized carbons (Fsp3) is 0.471. The number of rotatable bonds is 7. The molecule has 13 heteroatoms. The van der Waals surface area contributed by atoms with Gasteiger partial charge in [-0.05, 0) is 62.3 Å².